The average molecular weight is 309 g/mol. The zero-order valence-corrected chi connectivity index (χ0v) is 13.3. The van der Waals surface area contributed by atoms with Crippen molar-refractivity contribution >= 4 is 29.1 Å². The van der Waals surface area contributed by atoms with Gasteiger partial charge in [0, 0.05) is 23.7 Å². The molecule has 2 rings (SSSR count). The molecule has 0 aliphatic carbocycles. The van der Waals surface area contributed by atoms with Gasteiger partial charge in [0.25, 0.3) is 0 Å². The average Bonchev–Trinajstić information content (AvgIpc) is 2.49. The van der Waals surface area contributed by atoms with E-state index in [4.69, 9.17) is 17.3 Å². The van der Waals surface area contributed by atoms with Gasteiger partial charge in [0.1, 0.15) is 0 Å². The van der Waals surface area contributed by atoms with Crippen LogP contribution in [0.25, 0.3) is 0 Å². The molecule has 0 saturated heterocycles. The Hall–Kier alpha value is -1.16. The second-order valence-electron chi connectivity index (χ2n) is 3.96. The maximum Gasteiger partial charge on any atom is 0.0637 e. The summed E-state index contributed by atoms with van der Waals surface area (Å²) in [6.45, 7) is 3.70. The van der Waals surface area contributed by atoms with E-state index in [9.17, 15) is 0 Å². The molecule has 108 valence electrons. The van der Waals surface area contributed by atoms with E-state index in [1.807, 2.05) is 49.4 Å². The molecule has 4 heteroatoms. The number of halogens is 1. The number of rotatable bonds is 5. The second-order valence-corrected chi connectivity index (χ2v) is 5.54. The molecule has 0 atom stereocenters. The lowest BCUT2D eigenvalue weighted by Crippen LogP contribution is -2.00. The fraction of sp³-hybridized carbons (Fsp3) is 0.250. The number of para-hydroxylation sites is 1. The second kappa shape index (κ2) is 10.6. The summed E-state index contributed by atoms with van der Waals surface area (Å²) in [7, 11) is 0. The fourth-order valence-electron chi connectivity index (χ4n) is 1.49. The van der Waals surface area contributed by atoms with E-state index >= 15 is 0 Å². The van der Waals surface area contributed by atoms with Crippen molar-refractivity contribution in [3.8, 4) is 0 Å². The summed E-state index contributed by atoms with van der Waals surface area (Å²) in [6.07, 6.45) is 0. The van der Waals surface area contributed by atoms with Gasteiger partial charge in [-0.3, -0.25) is 0 Å². The van der Waals surface area contributed by atoms with Crippen LogP contribution in [0, 0.1) is 0 Å². The number of nitrogens with two attached hydrogens (primary N) is 1. The van der Waals surface area contributed by atoms with Crippen LogP contribution in [0.15, 0.2) is 59.5 Å². The standard InChI is InChI=1S/C8H10ClN.C8H11NS/c1-2-10-8-6-4-3-5-7(8)9;9-6-7-10-8-4-2-1-3-5-8/h3-6,10H,2H2,1H3;1-5H,6-7,9H2. The normalized spacial score (nSPS) is 9.55. The highest BCUT2D eigenvalue weighted by Gasteiger charge is 1.93. The van der Waals surface area contributed by atoms with Crippen LogP contribution in [0.3, 0.4) is 0 Å². The van der Waals surface area contributed by atoms with E-state index in [1.54, 1.807) is 11.8 Å². The number of hydrogen-bond acceptors (Lipinski definition) is 3. The molecule has 2 aromatic carbocycles. The molecular formula is C16H21ClN2S. The van der Waals surface area contributed by atoms with Crippen molar-refractivity contribution in [3.05, 3.63) is 59.6 Å². The molecule has 0 spiro atoms. The smallest absolute Gasteiger partial charge is 0.0637 e. The molecule has 0 amide bonds. The third-order valence-electron chi connectivity index (χ3n) is 2.37. The summed E-state index contributed by atoms with van der Waals surface area (Å²) < 4.78 is 0. The molecular weight excluding hydrogens is 288 g/mol. The lowest BCUT2D eigenvalue weighted by atomic mass is 10.3. The summed E-state index contributed by atoms with van der Waals surface area (Å²) in [5.74, 6) is 1.00. The Labute approximate surface area is 130 Å². The van der Waals surface area contributed by atoms with Gasteiger partial charge in [-0.25, -0.2) is 0 Å². The molecule has 2 nitrogen and oxygen atoms in total. The molecule has 2 aromatic rings. The zero-order valence-electron chi connectivity index (χ0n) is 11.7. The van der Waals surface area contributed by atoms with E-state index in [2.05, 4.69) is 17.4 Å². The molecule has 0 aliphatic heterocycles. The maximum atomic E-state index is 5.84. The molecule has 0 radical (unpaired) electrons. The first-order valence-electron chi connectivity index (χ1n) is 6.64. The minimum atomic E-state index is 0.750. The van der Waals surface area contributed by atoms with Gasteiger partial charge in [-0.15, -0.1) is 11.8 Å². The predicted octanol–water partition coefficient (Wildman–Crippen LogP) is 4.51. The van der Waals surface area contributed by atoms with Gasteiger partial charge in [0.05, 0.1) is 10.7 Å². The van der Waals surface area contributed by atoms with Crippen LogP contribution in [0.1, 0.15) is 6.92 Å². The Bertz CT molecular complexity index is 477. The van der Waals surface area contributed by atoms with Crippen molar-refractivity contribution in [2.75, 3.05) is 24.2 Å². The van der Waals surface area contributed by atoms with Crippen molar-refractivity contribution in [1.82, 2.24) is 0 Å². The predicted molar refractivity (Wildman–Crippen MR) is 91.8 cm³/mol. The maximum absolute atomic E-state index is 5.84. The highest BCUT2D eigenvalue weighted by molar-refractivity contribution is 7.99. The van der Waals surface area contributed by atoms with Crippen LogP contribution in [-0.2, 0) is 0 Å². The van der Waals surface area contributed by atoms with Gasteiger partial charge >= 0.3 is 0 Å². The summed E-state index contributed by atoms with van der Waals surface area (Å²) in [5.41, 5.74) is 6.36. The molecule has 0 saturated carbocycles. The van der Waals surface area contributed by atoms with E-state index in [-0.39, 0.29) is 0 Å². The quantitative estimate of drug-likeness (QED) is 0.798. The van der Waals surface area contributed by atoms with Crippen molar-refractivity contribution in [2.24, 2.45) is 5.73 Å². The molecule has 0 heterocycles. The van der Waals surface area contributed by atoms with Crippen molar-refractivity contribution in [3.63, 3.8) is 0 Å². The Balaban J connectivity index is 0.000000200. The lowest BCUT2D eigenvalue weighted by Gasteiger charge is -2.03. The van der Waals surface area contributed by atoms with E-state index in [1.165, 1.54) is 4.90 Å². The van der Waals surface area contributed by atoms with Crippen LogP contribution in [0.5, 0.6) is 0 Å². The summed E-state index contributed by atoms with van der Waals surface area (Å²) >= 11 is 7.64. The largest absolute Gasteiger partial charge is 0.384 e. The Kier molecular flexibility index (Phi) is 8.96. The topological polar surface area (TPSA) is 38.0 Å². The van der Waals surface area contributed by atoms with E-state index in [0.29, 0.717) is 0 Å². The SMILES string of the molecule is CCNc1ccccc1Cl.NCCSc1ccccc1. The van der Waals surface area contributed by atoms with Gasteiger partial charge in [-0.1, -0.05) is 41.9 Å². The Morgan fingerprint density at radius 3 is 2.30 bits per heavy atom. The van der Waals surface area contributed by atoms with Crippen molar-refractivity contribution in [2.45, 2.75) is 11.8 Å². The zero-order chi connectivity index (χ0) is 14.6. The van der Waals surface area contributed by atoms with Crippen LogP contribution >= 0.6 is 23.4 Å². The first-order chi connectivity index (χ1) is 9.77. The monoisotopic (exact) mass is 308 g/mol. The van der Waals surface area contributed by atoms with E-state index < -0.39 is 0 Å². The Morgan fingerprint density at radius 2 is 1.70 bits per heavy atom. The van der Waals surface area contributed by atoms with Gasteiger partial charge < -0.3 is 11.1 Å². The van der Waals surface area contributed by atoms with Crippen molar-refractivity contribution in [1.29, 1.82) is 0 Å². The number of thioether (sulfide) groups is 1. The van der Waals surface area contributed by atoms with E-state index in [0.717, 1.165) is 29.6 Å². The first-order valence-corrected chi connectivity index (χ1v) is 8.00. The summed E-state index contributed by atoms with van der Waals surface area (Å²) in [5, 5.41) is 3.93. The molecule has 0 fully saturated rings. The highest BCUT2D eigenvalue weighted by atomic mass is 35.5. The minimum absolute atomic E-state index is 0.750. The van der Waals surface area contributed by atoms with Gasteiger partial charge in [0.2, 0.25) is 0 Å². The first kappa shape index (κ1) is 16.9. The highest BCUT2D eigenvalue weighted by Crippen LogP contribution is 2.19. The molecule has 0 aromatic heterocycles. The molecule has 20 heavy (non-hydrogen) atoms. The van der Waals surface area contributed by atoms with Gasteiger partial charge in [0.15, 0.2) is 0 Å². The molecule has 0 bridgehead atoms. The van der Waals surface area contributed by atoms with Crippen LogP contribution < -0.4 is 11.1 Å². The third-order valence-corrected chi connectivity index (χ3v) is 3.75. The van der Waals surface area contributed by atoms with Crippen molar-refractivity contribution < 1.29 is 0 Å². The summed E-state index contributed by atoms with van der Waals surface area (Å²) in [4.78, 5) is 1.30. The Morgan fingerprint density at radius 1 is 1.05 bits per heavy atom. The molecule has 3 N–H and O–H groups in total. The number of hydrogen-bond donors (Lipinski definition) is 2. The van der Waals surface area contributed by atoms with Crippen LogP contribution in [0.4, 0.5) is 5.69 Å². The number of nitrogens with one attached hydrogen (secondary N) is 1. The summed E-state index contributed by atoms with van der Waals surface area (Å²) in [6, 6.07) is 18.0. The lowest BCUT2D eigenvalue weighted by molar-refractivity contribution is 1.15. The molecule has 0 unspecified atom stereocenters. The number of anilines is 1. The van der Waals surface area contributed by atoms with Gasteiger partial charge in [-0.05, 0) is 31.2 Å². The van der Waals surface area contributed by atoms with Crippen LogP contribution in [-0.4, -0.2) is 18.8 Å². The van der Waals surface area contributed by atoms with Gasteiger partial charge in [-0.2, -0.15) is 0 Å². The third kappa shape index (κ3) is 6.85. The van der Waals surface area contributed by atoms with Crippen LogP contribution in [0.2, 0.25) is 5.02 Å². The molecule has 0 aliphatic rings. The number of benzene rings is 2. The fourth-order valence-corrected chi connectivity index (χ4v) is 2.39. The minimum Gasteiger partial charge on any atom is -0.384 e.